The number of carbonyl (C=O) groups is 3. The third-order valence-electron chi connectivity index (χ3n) is 6.83. The highest BCUT2D eigenvalue weighted by atomic mass is 35.5. The molecule has 2 atom stereocenters. The van der Waals surface area contributed by atoms with Crippen LogP contribution in [-0.4, -0.2) is 48.2 Å². The fourth-order valence-electron chi connectivity index (χ4n) is 5.07. The van der Waals surface area contributed by atoms with Crippen LogP contribution < -0.4 is 5.32 Å². The molecule has 3 aromatic rings. The van der Waals surface area contributed by atoms with Crippen LogP contribution in [0.5, 0.6) is 0 Å². The molecule has 1 N–H and O–H groups in total. The predicted molar refractivity (Wildman–Crippen MR) is 152 cm³/mol. The molecule has 0 radical (unpaired) electrons. The highest BCUT2D eigenvalue weighted by molar-refractivity contribution is 6.30. The van der Waals surface area contributed by atoms with Gasteiger partial charge in [-0.2, -0.15) is 0 Å². The standard InChI is InChI=1S/C31H32ClN3O4/c1-3-39-27(36)20-35-29(24-15-10-16-25(32)19-24)28(21(2)34-31(35)38)30(37)33-18-17-26(22-11-6-4-7-12-22)23-13-8-5-9-14-23/h4-16,19,26,28-29H,3,17-18,20H2,1-2H3,(H,33,37). The van der Waals surface area contributed by atoms with Gasteiger partial charge in [-0.25, -0.2) is 9.79 Å². The molecule has 0 saturated heterocycles. The number of benzene rings is 3. The Hall–Kier alpha value is -3.97. The topological polar surface area (TPSA) is 88.1 Å². The summed E-state index contributed by atoms with van der Waals surface area (Å²) in [7, 11) is 0. The van der Waals surface area contributed by atoms with Crippen molar-refractivity contribution in [2.24, 2.45) is 10.9 Å². The first kappa shape index (κ1) is 28.0. The van der Waals surface area contributed by atoms with Crippen molar-refractivity contribution in [1.82, 2.24) is 10.2 Å². The van der Waals surface area contributed by atoms with Crippen molar-refractivity contribution in [2.45, 2.75) is 32.2 Å². The molecule has 0 aliphatic carbocycles. The number of carbonyl (C=O) groups excluding carboxylic acids is 3. The van der Waals surface area contributed by atoms with Crippen molar-refractivity contribution < 1.29 is 19.1 Å². The van der Waals surface area contributed by atoms with E-state index in [0.29, 0.717) is 29.3 Å². The number of urea groups is 1. The second-order valence-electron chi connectivity index (χ2n) is 9.40. The molecule has 0 saturated carbocycles. The summed E-state index contributed by atoms with van der Waals surface area (Å²) in [6.07, 6.45) is 0.677. The van der Waals surface area contributed by atoms with Crippen LogP contribution in [0.2, 0.25) is 5.02 Å². The van der Waals surface area contributed by atoms with E-state index in [2.05, 4.69) is 34.6 Å². The zero-order valence-electron chi connectivity index (χ0n) is 22.0. The summed E-state index contributed by atoms with van der Waals surface area (Å²) >= 11 is 6.28. The number of ether oxygens (including phenoxy) is 1. The molecule has 3 aromatic carbocycles. The second-order valence-corrected chi connectivity index (χ2v) is 9.84. The van der Waals surface area contributed by atoms with E-state index in [4.69, 9.17) is 16.3 Å². The lowest BCUT2D eigenvalue weighted by molar-refractivity contribution is -0.145. The van der Waals surface area contributed by atoms with Gasteiger partial charge in [0.1, 0.15) is 12.5 Å². The van der Waals surface area contributed by atoms with Gasteiger partial charge in [0.25, 0.3) is 0 Å². The van der Waals surface area contributed by atoms with Gasteiger partial charge in [0, 0.05) is 23.2 Å². The lowest BCUT2D eigenvalue weighted by Crippen LogP contribution is -2.51. The lowest BCUT2D eigenvalue weighted by Gasteiger charge is -2.38. The highest BCUT2D eigenvalue weighted by Gasteiger charge is 2.43. The van der Waals surface area contributed by atoms with Gasteiger partial charge in [0.05, 0.1) is 12.6 Å². The minimum atomic E-state index is -0.803. The van der Waals surface area contributed by atoms with Gasteiger partial charge in [-0.1, -0.05) is 84.4 Å². The van der Waals surface area contributed by atoms with Gasteiger partial charge < -0.3 is 15.0 Å². The van der Waals surface area contributed by atoms with Gasteiger partial charge >= 0.3 is 12.0 Å². The number of rotatable bonds is 10. The fraction of sp³-hybridized carbons (Fsp3) is 0.290. The van der Waals surface area contributed by atoms with E-state index in [0.717, 1.165) is 11.1 Å². The minimum Gasteiger partial charge on any atom is -0.465 e. The number of nitrogens with one attached hydrogen (secondary N) is 1. The molecule has 2 unspecified atom stereocenters. The highest BCUT2D eigenvalue weighted by Crippen LogP contribution is 2.35. The average Bonchev–Trinajstić information content (AvgIpc) is 2.93. The summed E-state index contributed by atoms with van der Waals surface area (Å²) in [6, 6.07) is 26.0. The van der Waals surface area contributed by atoms with Crippen molar-refractivity contribution in [3.8, 4) is 0 Å². The third-order valence-corrected chi connectivity index (χ3v) is 7.07. The van der Waals surface area contributed by atoms with Crippen LogP contribution in [0.3, 0.4) is 0 Å². The van der Waals surface area contributed by atoms with Crippen molar-refractivity contribution in [2.75, 3.05) is 19.7 Å². The third kappa shape index (κ3) is 6.92. The smallest absolute Gasteiger partial charge is 0.344 e. The first-order valence-electron chi connectivity index (χ1n) is 13.0. The second kappa shape index (κ2) is 13.2. The van der Waals surface area contributed by atoms with Crippen molar-refractivity contribution in [3.63, 3.8) is 0 Å². The fourth-order valence-corrected chi connectivity index (χ4v) is 5.26. The monoisotopic (exact) mass is 545 g/mol. The maximum Gasteiger partial charge on any atom is 0.344 e. The normalized spacial score (nSPS) is 17.1. The Morgan fingerprint density at radius 1 is 1.00 bits per heavy atom. The van der Waals surface area contributed by atoms with Gasteiger partial charge in [0.2, 0.25) is 5.91 Å². The van der Waals surface area contributed by atoms with E-state index in [-0.39, 0.29) is 25.0 Å². The van der Waals surface area contributed by atoms with Crippen LogP contribution in [-0.2, 0) is 14.3 Å². The summed E-state index contributed by atoms with van der Waals surface area (Å²) in [5.74, 6) is -1.55. The quantitative estimate of drug-likeness (QED) is 0.326. The lowest BCUT2D eigenvalue weighted by atomic mass is 9.85. The number of aliphatic imine (C=N–C) groups is 1. The molecule has 0 fully saturated rings. The summed E-state index contributed by atoms with van der Waals surface area (Å²) < 4.78 is 5.09. The molecule has 1 heterocycles. The average molecular weight is 546 g/mol. The van der Waals surface area contributed by atoms with Crippen LogP contribution in [0.4, 0.5) is 4.79 Å². The Labute approximate surface area is 233 Å². The number of amides is 3. The van der Waals surface area contributed by atoms with E-state index >= 15 is 0 Å². The van der Waals surface area contributed by atoms with Gasteiger partial charge in [0.15, 0.2) is 0 Å². The number of nitrogens with zero attached hydrogens (tertiary/aromatic N) is 2. The summed E-state index contributed by atoms with van der Waals surface area (Å²) in [5.41, 5.74) is 3.35. The molecule has 8 heteroatoms. The number of halogens is 1. The Balaban J connectivity index is 1.58. The SMILES string of the molecule is CCOC(=O)CN1C(=O)N=C(C)C(C(=O)NCCC(c2ccccc2)c2ccccc2)C1c1cccc(Cl)c1. The van der Waals surface area contributed by atoms with Gasteiger partial charge in [-0.15, -0.1) is 0 Å². The number of hydrogen-bond acceptors (Lipinski definition) is 4. The predicted octanol–water partition coefficient (Wildman–Crippen LogP) is 5.80. The summed E-state index contributed by atoms with van der Waals surface area (Å²) in [5, 5.41) is 3.54. The molecular weight excluding hydrogens is 514 g/mol. The summed E-state index contributed by atoms with van der Waals surface area (Å²) in [6.45, 7) is 3.62. The molecule has 7 nitrogen and oxygen atoms in total. The largest absolute Gasteiger partial charge is 0.465 e. The van der Waals surface area contributed by atoms with Crippen LogP contribution >= 0.6 is 11.6 Å². The number of esters is 1. The van der Waals surface area contributed by atoms with Crippen molar-refractivity contribution in [1.29, 1.82) is 0 Å². The van der Waals surface area contributed by atoms with Gasteiger partial charge in [-0.05, 0) is 49.1 Å². The Kier molecular flexibility index (Phi) is 9.49. The van der Waals surface area contributed by atoms with Crippen LogP contribution in [0.15, 0.2) is 89.9 Å². The molecule has 39 heavy (non-hydrogen) atoms. The first-order chi connectivity index (χ1) is 18.9. The Morgan fingerprint density at radius 2 is 1.64 bits per heavy atom. The molecule has 0 spiro atoms. The minimum absolute atomic E-state index is 0.0967. The van der Waals surface area contributed by atoms with Crippen LogP contribution in [0, 0.1) is 5.92 Å². The van der Waals surface area contributed by atoms with Crippen LogP contribution in [0.25, 0.3) is 0 Å². The van der Waals surface area contributed by atoms with Crippen molar-refractivity contribution in [3.05, 3.63) is 107 Å². The summed E-state index contributed by atoms with van der Waals surface area (Å²) in [4.78, 5) is 44.5. The first-order valence-corrected chi connectivity index (χ1v) is 13.4. The zero-order chi connectivity index (χ0) is 27.8. The van der Waals surface area contributed by atoms with Crippen molar-refractivity contribution >= 4 is 35.2 Å². The van der Waals surface area contributed by atoms with Gasteiger partial charge in [-0.3, -0.25) is 9.59 Å². The molecule has 0 bridgehead atoms. The van der Waals surface area contributed by atoms with E-state index in [9.17, 15) is 14.4 Å². The maximum absolute atomic E-state index is 13.7. The molecule has 4 rings (SSSR count). The molecule has 0 aromatic heterocycles. The molecule has 1 aliphatic heterocycles. The number of hydrogen-bond donors (Lipinski definition) is 1. The maximum atomic E-state index is 13.7. The Morgan fingerprint density at radius 3 is 2.23 bits per heavy atom. The van der Waals surface area contributed by atoms with E-state index in [1.54, 1.807) is 38.1 Å². The molecular formula is C31H32ClN3O4. The van der Waals surface area contributed by atoms with E-state index in [1.807, 2.05) is 36.4 Å². The molecule has 3 amide bonds. The molecule has 202 valence electrons. The van der Waals surface area contributed by atoms with E-state index < -0.39 is 24.0 Å². The van der Waals surface area contributed by atoms with Crippen LogP contribution in [0.1, 0.15) is 48.9 Å². The van der Waals surface area contributed by atoms with E-state index in [1.165, 1.54) is 4.90 Å². The Bertz CT molecular complexity index is 1290. The zero-order valence-corrected chi connectivity index (χ0v) is 22.8. The molecule has 1 aliphatic rings.